The number of methoxy groups -OCH3 is 1. The molecule has 1 aromatic rings. The molecular weight excluding hydrogens is 236 g/mol. The summed E-state index contributed by atoms with van der Waals surface area (Å²) in [7, 11) is 1.48. The summed E-state index contributed by atoms with van der Waals surface area (Å²) in [5.74, 6) is 6.38. The Hall–Kier alpha value is -2.09. The third kappa shape index (κ3) is 2.98. The van der Waals surface area contributed by atoms with Gasteiger partial charge < -0.3 is 20.8 Å². The monoisotopic (exact) mass is 252 g/mol. The molecule has 2 rings (SSSR count). The summed E-state index contributed by atoms with van der Waals surface area (Å²) in [6.45, 7) is 0.133. The molecule has 1 aromatic heterocycles. The minimum atomic E-state index is -0.0691. The van der Waals surface area contributed by atoms with Crippen LogP contribution in [0.3, 0.4) is 0 Å². The van der Waals surface area contributed by atoms with Crippen molar-refractivity contribution in [3.05, 3.63) is 6.33 Å². The van der Waals surface area contributed by atoms with Crippen molar-refractivity contribution in [1.82, 2.24) is 15.3 Å². The van der Waals surface area contributed by atoms with Crippen LogP contribution in [0.1, 0.15) is 12.8 Å². The molecule has 0 aliphatic heterocycles. The Morgan fingerprint density at radius 1 is 1.50 bits per heavy atom. The van der Waals surface area contributed by atoms with Crippen molar-refractivity contribution in [3.63, 3.8) is 0 Å². The Kier molecular flexibility index (Phi) is 3.78. The lowest BCUT2D eigenvalue weighted by Gasteiger charge is -2.12. The molecule has 0 aromatic carbocycles. The normalized spacial score (nSPS) is 13.9. The number of hydrogen-bond donors (Lipinski definition) is 4. The number of amides is 1. The van der Waals surface area contributed by atoms with E-state index >= 15 is 0 Å². The van der Waals surface area contributed by atoms with Crippen LogP contribution in [0.4, 0.5) is 11.6 Å². The van der Waals surface area contributed by atoms with E-state index in [1.165, 1.54) is 13.4 Å². The van der Waals surface area contributed by atoms with E-state index in [1.807, 2.05) is 0 Å². The minimum absolute atomic E-state index is 0.0691. The predicted molar refractivity (Wildman–Crippen MR) is 66.0 cm³/mol. The lowest BCUT2D eigenvalue weighted by atomic mass is 10.4. The van der Waals surface area contributed by atoms with Crippen LogP contribution in [-0.4, -0.2) is 35.6 Å². The van der Waals surface area contributed by atoms with E-state index in [9.17, 15) is 4.79 Å². The number of nitrogen functional groups attached to an aromatic ring is 1. The molecule has 18 heavy (non-hydrogen) atoms. The zero-order valence-electron chi connectivity index (χ0n) is 10.1. The maximum Gasteiger partial charge on any atom is 0.239 e. The molecule has 8 heteroatoms. The average Bonchev–Trinajstić information content (AvgIpc) is 3.19. The number of nitrogens with zero attached hydrogens (tertiary/aromatic N) is 2. The highest BCUT2D eigenvalue weighted by Gasteiger charge is 2.23. The third-order valence-corrected chi connectivity index (χ3v) is 2.50. The maximum atomic E-state index is 11.5. The number of ether oxygens (including phenoxy) is 1. The Morgan fingerprint density at radius 3 is 2.83 bits per heavy atom. The summed E-state index contributed by atoms with van der Waals surface area (Å²) >= 11 is 0. The van der Waals surface area contributed by atoms with Gasteiger partial charge in [-0.2, -0.15) is 0 Å². The molecule has 5 N–H and O–H groups in total. The fourth-order valence-corrected chi connectivity index (χ4v) is 1.47. The number of hydrogen-bond acceptors (Lipinski definition) is 7. The fourth-order valence-electron chi connectivity index (χ4n) is 1.47. The number of nitrogens with two attached hydrogens (primary N) is 1. The Morgan fingerprint density at radius 2 is 2.22 bits per heavy atom. The number of nitrogens with one attached hydrogen (secondary N) is 3. The van der Waals surface area contributed by atoms with E-state index in [-0.39, 0.29) is 12.5 Å². The van der Waals surface area contributed by atoms with Gasteiger partial charge in [0.1, 0.15) is 6.33 Å². The van der Waals surface area contributed by atoms with Gasteiger partial charge >= 0.3 is 0 Å². The van der Waals surface area contributed by atoms with E-state index < -0.39 is 0 Å². The second-order valence-electron chi connectivity index (χ2n) is 3.94. The summed E-state index contributed by atoms with van der Waals surface area (Å²) in [6.07, 6.45) is 3.45. The maximum absolute atomic E-state index is 11.5. The van der Waals surface area contributed by atoms with Crippen LogP contribution in [-0.2, 0) is 4.79 Å². The summed E-state index contributed by atoms with van der Waals surface area (Å²) < 4.78 is 5.13. The van der Waals surface area contributed by atoms with Crippen LogP contribution in [0.15, 0.2) is 6.33 Å². The Bertz CT molecular complexity index is 434. The van der Waals surface area contributed by atoms with Gasteiger partial charge in [0, 0.05) is 6.04 Å². The van der Waals surface area contributed by atoms with Crippen LogP contribution in [0.2, 0.25) is 0 Å². The van der Waals surface area contributed by atoms with Crippen molar-refractivity contribution in [2.75, 3.05) is 24.4 Å². The number of anilines is 2. The SMILES string of the molecule is COc1c(NN)ncnc1NCC(=O)NC1CC1. The molecule has 1 heterocycles. The van der Waals surface area contributed by atoms with Gasteiger partial charge in [0.2, 0.25) is 11.7 Å². The predicted octanol–water partition coefficient (Wildman–Crippen LogP) is -0.539. The van der Waals surface area contributed by atoms with E-state index in [2.05, 4.69) is 26.0 Å². The molecule has 1 aliphatic carbocycles. The average molecular weight is 252 g/mol. The van der Waals surface area contributed by atoms with Gasteiger partial charge in [-0.05, 0) is 12.8 Å². The smallest absolute Gasteiger partial charge is 0.239 e. The minimum Gasteiger partial charge on any atom is -0.490 e. The number of aromatic nitrogens is 2. The molecule has 1 aliphatic rings. The molecule has 0 radical (unpaired) electrons. The summed E-state index contributed by atoms with van der Waals surface area (Å²) in [6, 6.07) is 0.341. The number of hydrazine groups is 1. The van der Waals surface area contributed by atoms with Crippen molar-refractivity contribution < 1.29 is 9.53 Å². The number of rotatable bonds is 6. The molecule has 8 nitrogen and oxygen atoms in total. The van der Waals surface area contributed by atoms with E-state index in [0.717, 1.165) is 12.8 Å². The molecule has 0 saturated heterocycles. The molecule has 0 bridgehead atoms. The highest BCUT2D eigenvalue weighted by atomic mass is 16.5. The molecule has 0 atom stereocenters. The molecule has 0 spiro atoms. The standard InChI is InChI=1S/C10H16N6O2/c1-18-8-9(13-5-14-10(8)16-11)12-4-7(17)15-6-2-3-6/h5-6H,2-4,11H2,1H3,(H,15,17)(H2,12,13,14,16). The van der Waals surface area contributed by atoms with Gasteiger partial charge in [-0.15, -0.1) is 0 Å². The van der Waals surface area contributed by atoms with Crippen LogP contribution in [0.5, 0.6) is 5.75 Å². The van der Waals surface area contributed by atoms with Crippen molar-refractivity contribution >= 4 is 17.5 Å². The largest absolute Gasteiger partial charge is 0.490 e. The topological polar surface area (TPSA) is 114 Å². The molecular formula is C10H16N6O2. The van der Waals surface area contributed by atoms with Gasteiger partial charge in [0.05, 0.1) is 13.7 Å². The van der Waals surface area contributed by atoms with Crippen LogP contribution >= 0.6 is 0 Å². The van der Waals surface area contributed by atoms with E-state index in [0.29, 0.717) is 23.4 Å². The molecule has 1 fully saturated rings. The fraction of sp³-hybridized carbons (Fsp3) is 0.500. The highest BCUT2D eigenvalue weighted by molar-refractivity contribution is 5.81. The lowest BCUT2D eigenvalue weighted by Crippen LogP contribution is -2.31. The highest BCUT2D eigenvalue weighted by Crippen LogP contribution is 2.27. The summed E-state index contributed by atoms with van der Waals surface area (Å²) in [4.78, 5) is 19.4. The third-order valence-electron chi connectivity index (χ3n) is 2.50. The first-order valence-electron chi connectivity index (χ1n) is 5.63. The van der Waals surface area contributed by atoms with Gasteiger partial charge in [0.25, 0.3) is 0 Å². The number of carbonyl (C=O) groups is 1. The van der Waals surface area contributed by atoms with Crippen molar-refractivity contribution in [3.8, 4) is 5.75 Å². The summed E-state index contributed by atoms with van der Waals surface area (Å²) in [5.41, 5.74) is 2.40. The second-order valence-corrected chi connectivity index (χ2v) is 3.94. The van der Waals surface area contributed by atoms with Gasteiger partial charge in [-0.25, -0.2) is 15.8 Å². The first kappa shape index (κ1) is 12.4. The zero-order chi connectivity index (χ0) is 13.0. The summed E-state index contributed by atoms with van der Waals surface area (Å²) in [5, 5.41) is 5.75. The van der Waals surface area contributed by atoms with Crippen LogP contribution in [0.25, 0.3) is 0 Å². The van der Waals surface area contributed by atoms with Gasteiger partial charge in [0.15, 0.2) is 11.6 Å². The van der Waals surface area contributed by atoms with E-state index in [4.69, 9.17) is 10.6 Å². The number of carbonyl (C=O) groups excluding carboxylic acids is 1. The van der Waals surface area contributed by atoms with Crippen molar-refractivity contribution in [1.29, 1.82) is 0 Å². The molecule has 98 valence electrons. The molecule has 1 saturated carbocycles. The van der Waals surface area contributed by atoms with Crippen LogP contribution in [0, 0.1) is 0 Å². The van der Waals surface area contributed by atoms with Gasteiger partial charge in [-0.3, -0.25) is 4.79 Å². The molecule has 1 amide bonds. The second kappa shape index (κ2) is 5.50. The van der Waals surface area contributed by atoms with E-state index in [1.54, 1.807) is 0 Å². The zero-order valence-corrected chi connectivity index (χ0v) is 10.1. The van der Waals surface area contributed by atoms with Crippen LogP contribution < -0.4 is 26.6 Å². The quantitative estimate of drug-likeness (QED) is 0.397. The first-order valence-corrected chi connectivity index (χ1v) is 5.63. The molecule has 0 unspecified atom stereocenters. The Labute approximate surface area is 104 Å². The lowest BCUT2D eigenvalue weighted by molar-refractivity contribution is -0.119. The van der Waals surface area contributed by atoms with Gasteiger partial charge in [-0.1, -0.05) is 0 Å². The first-order chi connectivity index (χ1) is 8.74. The Balaban J connectivity index is 1.96. The van der Waals surface area contributed by atoms with Crippen molar-refractivity contribution in [2.24, 2.45) is 5.84 Å². The van der Waals surface area contributed by atoms with Crippen molar-refractivity contribution in [2.45, 2.75) is 18.9 Å².